The van der Waals surface area contributed by atoms with Gasteiger partial charge in [0.15, 0.2) is 0 Å². The summed E-state index contributed by atoms with van der Waals surface area (Å²) < 4.78 is 44.1. The van der Waals surface area contributed by atoms with Crippen molar-refractivity contribution in [3.8, 4) is 17.1 Å². The number of halogens is 3. The number of hydrogen-bond donors (Lipinski definition) is 2. The number of ether oxygens (including phenoxy) is 1. The molecule has 3 heterocycles. The van der Waals surface area contributed by atoms with Gasteiger partial charge in [0.2, 0.25) is 0 Å². The van der Waals surface area contributed by atoms with Gasteiger partial charge in [0.05, 0.1) is 23.7 Å². The fourth-order valence-electron chi connectivity index (χ4n) is 2.95. The molecule has 4 rings (SSSR count). The lowest BCUT2D eigenvalue weighted by Crippen LogP contribution is -2.02. The molecule has 9 heteroatoms. The molecule has 0 saturated heterocycles. The zero-order valence-corrected chi connectivity index (χ0v) is 14.9. The Labute approximate surface area is 163 Å². The highest BCUT2D eigenvalue weighted by molar-refractivity contribution is 5.67. The number of pyridine rings is 2. The summed E-state index contributed by atoms with van der Waals surface area (Å²) in [5.74, 6) is 0.0777. The number of aromatic nitrogens is 3. The SMILES string of the molecule is OCc1nc2ccc(F)cn2c1-c1cccc(Nc2ccc(OC(F)F)cc2)n1. The van der Waals surface area contributed by atoms with Crippen molar-refractivity contribution in [1.82, 2.24) is 14.4 Å². The molecule has 1 aromatic carbocycles. The molecule has 0 unspecified atom stereocenters. The number of nitrogens with zero attached hydrogens (tertiary/aromatic N) is 3. The van der Waals surface area contributed by atoms with Crippen LogP contribution in [0.3, 0.4) is 0 Å². The van der Waals surface area contributed by atoms with E-state index in [0.29, 0.717) is 34.2 Å². The third-order valence-corrected chi connectivity index (χ3v) is 4.15. The van der Waals surface area contributed by atoms with E-state index in [9.17, 15) is 18.3 Å². The largest absolute Gasteiger partial charge is 0.435 e. The molecule has 0 amide bonds. The summed E-state index contributed by atoms with van der Waals surface area (Å²) in [6.07, 6.45) is 1.28. The summed E-state index contributed by atoms with van der Waals surface area (Å²) in [5.41, 5.74) is 2.43. The number of fused-ring (bicyclic) bond motifs is 1. The van der Waals surface area contributed by atoms with Gasteiger partial charge in [-0.05, 0) is 48.5 Å². The van der Waals surface area contributed by atoms with Crippen LogP contribution >= 0.6 is 0 Å². The highest BCUT2D eigenvalue weighted by Crippen LogP contribution is 2.27. The van der Waals surface area contributed by atoms with Crippen molar-refractivity contribution in [2.75, 3.05) is 5.32 Å². The number of alkyl halides is 2. The number of rotatable bonds is 6. The van der Waals surface area contributed by atoms with Gasteiger partial charge in [0.1, 0.15) is 23.0 Å². The molecule has 0 saturated carbocycles. The van der Waals surface area contributed by atoms with Gasteiger partial charge in [0.25, 0.3) is 0 Å². The maximum atomic E-state index is 13.7. The number of hydrogen-bond acceptors (Lipinski definition) is 5. The molecule has 0 atom stereocenters. The predicted octanol–water partition coefficient (Wildman–Crippen LogP) is 4.37. The van der Waals surface area contributed by atoms with Crippen molar-refractivity contribution >= 4 is 17.2 Å². The lowest BCUT2D eigenvalue weighted by molar-refractivity contribution is -0.0498. The van der Waals surface area contributed by atoms with Gasteiger partial charge in [-0.3, -0.25) is 4.40 Å². The number of aliphatic hydroxyl groups is 1. The van der Waals surface area contributed by atoms with E-state index in [4.69, 9.17) is 0 Å². The van der Waals surface area contributed by atoms with Crippen LogP contribution in [-0.2, 0) is 6.61 Å². The van der Waals surface area contributed by atoms with E-state index in [1.54, 1.807) is 30.3 Å². The fraction of sp³-hybridized carbons (Fsp3) is 0.100. The Morgan fingerprint density at radius 2 is 1.83 bits per heavy atom. The maximum Gasteiger partial charge on any atom is 0.387 e. The molecule has 4 aromatic rings. The van der Waals surface area contributed by atoms with Crippen molar-refractivity contribution in [2.45, 2.75) is 13.2 Å². The lowest BCUT2D eigenvalue weighted by atomic mass is 10.2. The van der Waals surface area contributed by atoms with Gasteiger partial charge in [0, 0.05) is 11.9 Å². The highest BCUT2D eigenvalue weighted by Gasteiger charge is 2.16. The van der Waals surface area contributed by atoms with Gasteiger partial charge in [-0.15, -0.1) is 0 Å². The maximum absolute atomic E-state index is 13.7. The Hall–Kier alpha value is -3.59. The number of nitrogens with one attached hydrogen (secondary N) is 1. The zero-order valence-electron chi connectivity index (χ0n) is 14.9. The smallest absolute Gasteiger partial charge is 0.387 e. The first-order chi connectivity index (χ1) is 14.0. The molecule has 0 aliphatic heterocycles. The van der Waals surface area contributed by atoms with Gasteiger partial charge in [-0.2, -0.15) is 8.78 Å². The van der Waals surface area contributed by atoms with E-state index in [-0.39, 0.29) is 12.4 Å². The molecule has 148 valence electrons. The third kappa shape index (κ3) is 3.99. The number of benzene rings is 1. The van der Waals surface area contributed by atoms with Crippen molar-refractivity contribution in [3.05, 3.63) is 72.3 Å². The van der Waals surface area contributed by atoms with E-state index >= 15 is 0 Å². The molecule has 0 bridgehead atoms. The van der Waals surface area contributed by atoms with E-state index in [0.717, 1.165) is 0 Å². The fourth-order valence-corrected chi connectivity index (χ4v) is 2.95. The minimum Gasteiger partial charge on any atom is -0.435 e. The molecule has 0 aliphatic carbocycles. The number of imidazole rings is 1. The first-order valence-corrected chi connectivity index (χ1v) is 8.60. The van der Waals surface area contributed by atoms with Crippen molar-refractivity contribution in [3.63, 3.8) is 0 Å². The summed E-state index contributed by atoms with van der Waals surface area (Å²) in [5, 5.41) is 12.7. The molecule has 2 N–H and O–H groups in total. The van der Waals surface area contributed by atoms with Crippen LogP contribution in [0.4, 0.5) is 24.7 Å². The quantitative estimate of drug-likeness (QED) is 0.503. The van der Waals surface area contributed by atoms with Gasteiger partial charge in [-0.1, -0.05) is 6.07 Å². The predicted molar refractivity (Wildman–Crippen MR) is 101 cm³/mol. The van der Waals surface area contributed by atoms with Crippen LogP contribution in [-0.4, -0.2) is 26.1 Å². The van der Waals surface area contributed by atoms with E-state index in [1.807, 2.05) is 0 Å². The average Bonchev–Trinajstić information content (AvgIpc) is 3.07. The molecule has 0 fully saturated rings. The second-order valence-electron chi connectivity index (χ2n) is 6.08. The van der Waals surface area contributed by atoms with Crippen LogP contribution in [0, 0.1) is 5.82 Å². The van der Waals surface area contributed by atoms with Crippen LogP contribution in [0.25, 0.3) is 17.0 Å². The van der Waals surface area contributed by atoms with Crippen molar-refractivity contribution in [1.29, 1.82) is 0 Å². The Morgan fingerprint density at radius 1 is 1.03 bits per heavy atom. The first-order valence-electron chi connectivity index (χ1n) is 8.60. The molecular weight excluding hydrogens is 385 g/mol. The van der Waals surface area contributed by atoms with Crippen molar-refractivity contribution < 1.29 is 23.0 Å². The van der Waals surface area contributed by atoms with Crippen LogP contribution < -0.4 is 10.1 Å². The van der Waals surface area contributed by atoms with Crippen LogP contribution in [0.1, 0.15) is 5.69 Å². The molecule has 6 nitrogen and oxygen atoms in total. The minimum absolute atomic E-state index is 0.0487. The minimum atomic E-state index is -2.89. The summed E-state index contributed by atoms with van der Waals surface area (Å²) in [6, 6.07) is 14.0. The molecule has 0 aliphatic rings. The van der Waals surface area contributed by atoms with E-state index < -0.39 is 12.4 Å². The Kier molecular flexibility index (Phi) is 5.05. The summed E-state index contributed by atoms with van der Waals surface area (Å²) >= 11 is 0. The van der Waals surface area contributed by atoms with E-state index in [2.05, 4.69) is 20.0 Å². The second-order valence-corrected chi connectivity index (χ2v) is 6.08. The Bertz CT molecular complexity index is 1150. The zero-order chi connectivity index (χ0) is 20.4. The highest BCUT2D eigenvalue weighted by atomic mass is 19.3. The van der Waals surface area contributed by atoms with Gasteiger partial charge >= 0.3 is 6.61 Å². The number of aliphatic hydroxyl groups excluding tert-OH is 1. The Balaban J connectivity index is 1.66. The number of anilines is 2. The monoisotopic (exact) mass is 400 g/mol. The second kappa shape index (κ2) is 7.80. The molecule has 0 radical (unpaired) electrons. The van der Waals surface area contributed by atoms with Crippen molar-refractivity contribution in [2.24, 2.45) is 0 Å². The summed E-state index contributed by atoms with van der Waals surface area (Å²) in [7, 11) is 0. The van der Waals surface area contributed by atoms with E-state index in [1.165, 1.54) is 34.9 Å². The first kappa shape index (κ1) is 18.8. The topological polar surface area (TPSA) is 71.7 Å². The van der Waals surface area contributed by atoms with Crippen LogP contribution in [0.5, 0.6) is 5.75 Å². The standard InChI is InChI=1S/C20H15F3N4O2/c21-12-4-9-18-26-16(11-28)19(27(18)10-12)15-2-1-3-17(25-15)24-13-5-7-14(8-6-13)29-20(22)23/h1-10,20,28H,11H2,(H,24,25). The van der Waals surface area contributed by atoms with Crippen LogP contribution in [0.2, 0.25) is 0 Å². The molecular formula is C20H15F3N4O2. The molecule has 29 heavy (non-hydrogen) atoms. The van der Waals surface area contributed by atoms with Crippen LogP contribution in [0.15, 0.2) is 60.8 Å². The molecule has 0 spiro atoms. The normalized spacial score (nSPS) is 11.2. The third-order valence-electron chi connectivity index (χ3n) is 4.15. The Morgan fingerprint density at radius 3 is 2.55 bits per heavy atom. The molecule has 3 aromatic heterocycles. The summed E-state index contributed by atoms with van der Waals surface area (Å²) in [6.45, 7) is -3.22. The van der Waals surface area contributed by atoms with Gasteiger partial charge < -0.3 is 15.2 Å². The lowest BCUT2D eigenvalue weighted by Gasteiger charge is -2.10. The summed E-state index contributed by atoms with van der Waals surface area (Å²) in [4.78, 5) is 8.82. The average molecular weight is 400 g/mol. The van der Waals surface area contributed by atoms with Gasteiger partial charge in [-0.25, -0.2) is 14.4 Å².